The quantitative estimate of drug-likeness (QED) is 0.560. The Morgan fingerprint density at radius 3 is 2.81 bits per heavy atom. The molecule has 0 aliphatic carbocycles. The van der Waals surface area contributed by atoms with Crippen LogP contribution in [-0.4, -0.2) is 37.3 Å². The third kappa shape index (κ3) is 2.55. The Bertz CT molecular complexity index is 1070. The van der Waals surface area contributed by atoms with Gasteiger partial charge in [0.2, 0.25) is 5.91 Å². The van der Waals surface area contributed by atoms with Gasteiger partial charge in [-0.05, 0) is 37.1 Å². The monoisotopic (exact) mass is 363 g/mol. The molecule has 2 aromatic heterocycles. The Labute approximate surface area is 154 Å². The summed E-state index contributed by atoms with van der Waals surface area (Å²) in [5.74, 6) is 0.0717. The van der Waals surface area contributed by atoms with Crippen LogP contribution < -0.4 is 0 Å². The average Bonchev–Trinajstić information content (AvgIpc) is 3.39. The minimum Gasteiger partial charge on any atom is -0.332 e. The molecule has 0 spiro atoms. The predicted molar refractivity (Wildman–Crippen MR) is 101 cm³/mol. The molecule has 1 aliphatic heterocycles. The zero-order chi connectivity index (χ0) is 17.5. The summed E-state index contributed by atoms with van der Waals surface area (Å²) in [6.45, 7) is 0.980. The molecule has 3 heterocycles. The SMILES string of the molecule is O=C(Cn1nnc2ccccc21)N1CCC[C@@H]1c1nc2ccccc2s1. The minimum atomic E-state index is 0.0645. The van der Waals surface area contributed by atoms with Gasteiger partial charge in [-0.25, -0.2) is 9.67 Å². The van der Waals surface area contributed by atoms with Crippen LogP contribution in [0.5, 0.6) is 0 Å². The Morgan fingerprint density at radius 2 is 1.92 bits per heavy atom. The number of benzene rings is 2. The van der Waals surface area contributed by atoms with Crippen molar-refractivity contribution in [1.29, 1.82) is 0 Å². The van der Waals surface area contributed by atoms with Gasteiger partial charge in [-0.1, -0.05) is 29.5 Å². The van der Waals surface area contributed by atoms with Crippen LogP contribution in [0.25, 0.3) is 21.3 Å². The number of amides is 1. The Kier molecular flexibility index (Phi) is 3.67. The number of carbonyl (C=O) groups excluding carboxylic acids is 1. The summed E-state index contributed by atoms with van der Waals surface area (Å²) >= 11 is 1.69. The molecule has 1 fully saturated rings. The molecule has 0 saturated carbocycles. The van der Waals surface area contributed by atoms with Gasteiger partial charge in [0.15, 0.2) is 0 Å². The largest absolute Gasteiger partial charge is 0.332 e. The third-order valence-corrected chi connectivity index (χ3v) is 6.01. The van der Waals surface area contributed by atoms with Crippen molar-refractivity contribution in [3.8, 4) is 0 Å². The molecule has 1 atom stereocenters. The zero-order valence-electron chi connectivity index (χ0n) is 14.1. The fourth-order valence-corrected chi connectivity index (χ4v) is 4.72. The second kappa shape index (κ2) is 6.17. The molecule has 130 valence electrons. The molecule has 1 aliphatic rings. The smallest absolute Gasteiger partial charge is 0.244 e. The van der Waals surface area contributed by atoms with Gasteiger partial charge in [0.1, 0.15) is 17.1 Å². The van der Waals surface area contributed by atoms with E-state index in [1.165, 1.54) is 4.70 Å². The van der Waals surface area contributed by atoms with Crippen molar-refractivity contribution in [3.63, 3.8) is 0 Å². The van der Waals surface area contributed by atoms with Gasteiger partial charge < -0.3 is 4.90 Å². The molecule has 0 unspecified atom stereocenters. The van der Waals surface area contributed by atoms with Crippen LogP contribution in [0.15, 0.2) is 48.5 Å². The molecule has 2 aromatic carbocycles. The normalized spacial score (nSPS) is 17.4. The van der Waals surface area contributed by atoms with Crippen LogP contribution in [0.1, 0.15) is 23.9 Å². The number of likely N-dealkylation sites (tertiary alicyclic amines) is 1. The highest BCUT2D eigenvalue weighted by atomic mass is 32.1. The highest BCUT2D eigenvalue weighted by Crippen LogP contribution is 2.36. The molecule has 0 radical (unpaired) electrons. The summed E-state index contributed by atoms with van der Waals surface area (Å²) < 4.78 is 2.86. The molecule has 6 nitrogen and oxygen atoms in total. The maximum Gasteiger partial charge on any atom is 0.244 e. The molecular formula is C19H17N5OS. The molecule has 1 amide bonds. The summed E-state index contributed by atoms with van der Waals surface area (Å²) in [5, 5.41) is 9.31. The fourth-order valence-electron chi connectivity index (χ4n) is 3.61. The minimum absolute atomic E-state index is 0.0645. The fraction of sp³-hybridized carbons (Fsp3) is 0.263. The second-order valence-electron chi connectivity index (χ2n) is 6.50. The van der Waals surface area contributed by atoms with E-state index in [0.717, 1.165) is 40.9 Å². The number of rotatable bonds is 3. The van der Waals surface area contributed by atoms with Crippen molar-refractivity contribution < 1.29 is 4.79 Å². The third-order valence-electron chi connectivity index (χ3n) is 4.87. The molecular weight excluding hydrogens is 346 g/mol. The van der Waals surface area contributed by atoms with E-state index in [9.17, 15) is 4.79 Å². The van der Waals surface area contributed by atoms with Crippen LogP contribution in [-0.2, 0) is 11.3 Å². The van der Waals surface area contributed by atoms with E-state index >= 15 is 0 Å². The summed E-state index contributed by atoms with van der Waals surface area (Å²) in [6.07, 6.45) is 1.97. The van der Waals surface area contributed by atoms with E-state index in [0.29, 0.717) is 0 Å². The van der Waals surface area contributed by atoms with E-state index in [-0.39, 0.29) is 18.5 Å². The van der Waals surface area contributed by atoms with Gasteiger partial charge in [-0.15, -0.1) is 16.4 Å². The van der Waals surface area contributed by atoms with Gasteiger partial charge in [-0.3, -0.25) is 4.79 Å². The van der Waals surface area contributed by atoms with Crippen molar-refractivity contribution in [1.82, 2.24) is 24.9 Å². The van der Waals surface area contributed by atoms with E-state index in [1.54, 1.807) is 16.0 Å². The lowest BCUT2D eigenvalue weighted by Crippen LogP contribution is -2.33. The van der Waals surface area contributed by atoms with Crippen LogP contribution in [0.2, 0.25) is 0 Å². The second-order valence-corrected chi connectivity index (χ2v) is 7.56. The van der Waals surface area contributed by atoms with Gasteiger partial charge in [0.25, 0.3) is 0 Å². The molecule has 1 saturated heterocycles. The predicted octanol–water partition coefficient (Wildman–Crippen LogP) is 3.40. The molecule has 4 aromatic rings. The number of nitrogens with zero attached hydrogens (tertiary/aromatic N) is 5. The Hall–Kier alpha value is -2.80. The lowest BCUT2D eigenvalue weighted by molar-refractivity contribution is -0.132. The topological polar surface area (TPSA) is 63.9 Å². The summed E-state index contributed by atoms with van der Waals surface area (Å²) in [6, 6.07) is 15.9. The number of thiazole rings is 1. The first-order chi connectivity index (χ1) is 12.8. The number of carbonyl (C=O) groups is 1. The molecule has 26 heavy (non-hydrogen) atoms. The number of para-hydroxylation sites is 2. The number of hydrogen-bond donors (Lipinski definition) is 0. The standard InChI is InChI=1S/C19H17N5OS/c25-18(12-24-15-8-3-1-6-13(15)21-22-24)23-11-5-9-16(23)19-20-14-7-2-4-10-17(14)26-19/h1-4,6-8,10,16H,5,9,11-12H2/t16-/m1/s1. The van der Waals surface area contributed by atoms with Crippen molar-refractivity contribution in [2.24, 2.45) is 0 Å². The van der Waals surface area contributed by atoms with Crippen molar-refractivity contribution in [3.05, 3.63) is 53.5 Å². The molecule has 0 N–H and O–H groups in total. The van der Waals surface area contributed by atoms with Crippen LogP contribution in [0.3, 0.4) is 0 Å². The average molecular weight is 363 g/mol. The zero-order valence-corrected chi connectivity index (χ0v) is 14.9. The van der Waals surface area contributed by atoms with Gasteiger partial charge in [0, 0.05) is 6.54 Å². The highest BCUT2D eigenvalue weighted by Gasteiger charge is 2.32. The number of fused-ring (bicyclic) bond motifs is 2. The first kappa shape index (κ1) is 15.5. The van der Waals surface area contributed by atoms with Crippen molar-refractivity contribution >= 4 is 38.5 Å². The van der Waals surface area contributed by atoms with E-state index in [1.807, 2.05) is 47.4 Å². The Morgan fingerprint density at radius 1 is 1.12 bits per heavy atom. The van der Waals surface area contributed by atoms with E-state index < -0.39 is 0 Å². The maximum absolute atomic E-state index is 13.0. The van der Waals surface area contributed by atoms with Gasteiger partial charge >= 0.3 is 0 Å². The van der Waals surface area contributed by atoms with Crippen molar-refractivity contribution in [2.75, 3.05) is 6.54 Å². The lowest BCUT2D eigenvalue weighted by Gasteiger charge is -2.23. The summed E-state index contributed by atoms with van der Waals surface area (Å²) in [7, 11) is 0. The van der Waals surface area contributed by atoms with Crippen LogP contribution in [0, 0.1) is 0 Å². The van der Waals surface area contributed by atoms with E-state index in [4.69, 9.17) is 4.98 Å². The first-order valence-electron chi connectivity index (χ1n) is 8.73. The van der Waals surface area contributed by atoms with Gasteiger partial charge in [-0.2, -0.15) is 0 Å². The summed E-state index contributed by atoms with van der Waals surface area (Å²) in [5.41, 5.74) is 2.70. The van der Waals surface area contributed by atoms with Gasteiger partial charge in [0.05, 0.1) is 21.8 Å². The number of aromatic nitrogens is 4. The van der Waals surface area contributed by atoms with Crippen LogP contribution in [0.4, 0.5) is 0 Å². The highest BCUT2D eigenvalue weighted by molar-refractivity contribution is 7.18. The molecule has 7 heteroatoms. The Balaban J connectivity index is 1.42. The lowest BCUT2D eigenvalue weighted by atomic mass is 10.2. The van der Waals surface area contributed by atoms with Crippen molar-refractivity contribution in [2.45, 2.75) is 25.4 Å². The number of hydrogen-bond acceptors (Lipinski definition) is 5. The summed E-state index contributed by atoms with van der Waals surface area (Å²) in [4.78, 5) is 19.7. The van der Waals surface area contributed by atoms with E-state index in [2.05, 4.69) is 16.4 Å². The first-order valence-corrected chi connectivity index (χ1v) is 9.54. The maximum atomic E-state index is 13.0. The van der Waals surface area contributed by atoms with Crippen LogP contribution >= 0.6 is 11.3 Å². The molecule has 0 bridgehead atoms. The molecule has 5 rings (SSSR count).